The van der Waals surface area contributed by atoms with Crippen LogP contribution in [0.3, 0.4) is 0 Å². The van der Waals surface area contributed by atoms with Crippen LogP contribution in [0.25, 0.3) is 11.0 Å². The standard InChI is InChI=1S/C16H23N3OS/c1-5-18(6-2)15(20)12(4)21-16-17-13-10-8-9-11-14(13)19(16)7-3/h8-12H,5-7H2,1-4H3. The molecule has 1 atom stereocenters. The van der Waals surface area contributed by atoms with Gasteiger partial charge in [0.15, 0.2) is 5.16 Å². The van der Waals surface area contributed by atoms with Gasteiger partial charge in [-0.2, -0.15) is 0 Å². The number of aromatic nitrogens is 2. The normalized spacial score (nSPS) is 12.6. The number of nitrogens with zero attached hydrogens (tertiary/aromatic N) is 3. The summed E-state index contributed by atoms with van der Waals surface area (Å²) in [5.41, 5.74) is 2.12. The predicted octanol–water partition coefficient (Wildman–Crippen LogP) is 3.41. The van der Waals surface area contributed by atoms with Gasteiger partial charge >= 0.3 is 0 Å². The van der Waals surface area contributed by atoms with Gasteiger partial charge in [-0.3, -0.25) is 4.79 Å². The van der Waals surface area contributed by atoms with Gasteiger partial charge in [-0.15, -0.1) is 0 Å². The monoisotopic (exact) mass is 305 g/mol. The number of carbonyl (C=O) groups excluding carboxylic acids is 1. The number of aryl methyl sites for hydroxylation is 1. The summed E-state index contributed by atoms with van der Waals surface area (Å²) in [4.78, 5) is 18.9. The number of rotatable bonds is 6. The summed E-state index contributed by atoms with van der Waals surface area (Å²) >= 11 is 1.55. The summed E-state index contributed by atoms with van der Waals surface area (Å²) < 4.78 is 2.17. The molecule has 2 aromatic rings. The molecule has 2 rings (SSSR count). The highest BCUT2D eigenvalue weighted by atomic mass is 32.2. The van der Waals surface area contributed by atoms with E-state index < -0.39 is 0 Å². The molecule has 4 nitrogen and oxygen atoms in total. The number of imidazole rings is 1. The van der Waals surface area contributed by atoms with Crippen molar-refractivity contribution >= 4 is 28.7 Å². The summed E-state index contributed by atoms with van der Waals surface area (Å²) in [5.74, 6) is 0.180. The van der Waals surface area contributed by atoms with Crippen LogP contribution in [-0.4, -0.2) is 38.7 Å². The second-order valence-electron chi connectivity index (χ2n) is 4.90. The van der Waals surface area contributed by atoms with E-state index in [9.17, 15) is 4.79 Å². The lowest BCUT2D eigenvalue weighted by molar-refractivity contribution is -0.129. The van der Waals surface area contributed by atoms with Crippen LogP contribution in [0, 0.1) is 0 Å². The van der Waals surface area contributed by atoms with Gasteiger partial charge in [-0.1, -0.05) is 23.9 Å². The summed E-state index contributed by atoms with van der Waals surface area (Å²) in [6.45, 7) is 10.5. The molecule has 1 amide bonds. The zero-order valence-corrected chi connectivity index (χ0v) is 14.0. The number of hydrogen-bond donors (Lipinski definition) is 0. The first kappa shape index (κ1) is 15.9. The lowest BCUT2D eigenvalue weighted by atomic mass is 10.3. The molecular formula is C16H23N3OS. The quantitative estimate of drug-likeness (QED) is 0.768. The fraction of sp³-hybridized carbons (Fsp3) is 0.500. The highest BCUT2D eigenvalue weighted by molar-refractivity contribution is 8.00. The molecule has 0 saturated carbocycles. The Labute approximate surface area is 130 Å². The maximum atomic E-state index is 12.4. The Kier molecular flexibility index (Phi) is 5.28. The maximum Gasteiger partial charge on any atom is 0.235 e. The van der Waals surface area contributed by atoms with Crippen LogP contribution < -0.4 is 0 Å². The van der Waals surface area contributed by atoms with Gasteiger partial charge in [0.05, 0.1) is 16.3 Å². The molecule has 0 saturated heterocycles. The number of carbonyl (C=O) groups is 1. The molecule has 1 unspecified atom stereocenters. The fourth-order valence-electron chi connectivity index (χ4n) is 2.45. The number of thioether (sulfide) groups is 1. The van der Waals surface area contributed by atoms with E-state index >= 15 is 0 Å². The van der Waals surface area contributed by atoms with Gasteiger partial charge in [0.1, 0.15) is 0 Å². The lowest BCUT2D eigenvalue weighted by Crippen LogP contribution is -2.36. The van der Waals surface area contributed by atoms with Crippen molar-refractivity contribution < 1.29 is 4.79 Å². The van der Waals surface area contributed by atoms with E-state index in [1.807, 2.05) is 43.9 Å². The zero-order chi connectivity index (χ0) is 15.4. The van der Waals surface area contributed by atoms with Crippen molar-refractivity contribution in [3.8, 4) is 0 Å². The molecule has 0 aliphatic heterocycles. The molecule has 0 aliphatic rings. The van der Waals surface area contributed by atoms with Crippen LogP contribution in [-0.2, 0) is 11.3 Å². The minimum Gasteiger partial charge on any atom is -0.342 e. The van der Waals surface area contributed by atoms with E-state index in [1.54, 1.807) is 11.8 Å². The fourth-order valence-corrected chi connectivity index (χ4v) is 3.52. The molecule has 114 valence electrons. The van der Waals surface area contributed by atoms with E-state index in [-0.39, 0.29) is 11.2 Å². The Bertz CT molecular complexity index is 619. The predicted molar refractivity (Wildman–Crippen MR) is 88.7 cm³/mol. The Morgan fingerprint density at radius 3 is 2.57 bits per heavy atom. The first-order valence-corrected chi connectivity index (χ1v) is 8.41. The van der Waals surface area contributed by atoms with Gasteiger partial charge in [-0.25, -0.2) is 4.98 Å². The van der Waals surface area contributed by atoms with E-state index in [4.69, 9.17) is 0 Å². The minimum atomic E-state index is -0.119. The van der Waals surface area contributed by atoms with Crippen LogP contribution in [0.4, 0.5) is 0 Å². The average Bonchev–Trinajstić information content (AvgIpc) is 2.85. The topological polar surface area (TPSA) is 38.1 Å². The molecule has 1 aromatic heterocycles. The molecule has 0 bridgehead atoms. The van der Waals surface area contributed by atoms with E-state index in [2.05, 4.69) is 22.5 Å². The van der Waals surface area contributed by atoms with Crippen molar-refractivity contribution in [1.82, 2.24) is 14.5 Å². The van der Waals surface area contributed by atoms with Crippen molar-refractivity contribution in [2.45, 2.75) is 44.6 Å². The summed E-state index contributed by atoms with van der Waals surface area (Å²) in [7, 11) is 0. The molecule has 1 aromatic carbocycles. The third kappa shape index (κ3) is 3.23. The number of hydrogen-bond acceptors (Lipinski definition) is 3. The van der Waals surface area contributed by atoms with Gasteiger partial charge in [-0.05, 0) is 39.8 Å². The highest BCUT2D eigenvalue weighted by Gasteiger charge is 2.22. The SMILES string of the molecule is CCN(CC)C(=O)C(C)Sc1nc2ccccc2n1CC. The van der Waals surface area contributed by atoms with Crippen LogP contribution >= 0.6 is 11.8 Å². The molecule has 0 aliphatic carbocycles. The second kappa shape index (κ2) is 6.98. The molecule has 0 radical (unpaired) electrons. The molecule has 0 fully saturated rings. The number of para-hydroxylation sites is 2. The highest BCUT2D eigenvalue weighted by Crippen LogP contribution is 2.28. The molecule has 0 spiro atoms. The van der Waals surface area contributed by atoms with Crippen molar-refractivity contribution in [1.29, 1.82) is 0 Å². The average molecular weight is 305 g/mol. The number of fused-ring (bicyclic) bond motifs is 1. The van der Waals surface area contributed by atoms with Crippen LogP contribution in [0.5, 0.6) is 0 Å². The third-order valence-electron chi connectivity index (χ3n) is 3.64. The number of benzene rings is 1. The molecule has 0 N–H and O–H groups in total. The molecular weight excluding hydrogens is 282 g/mol. The second-order valence-corrected chi connectivity index (χ2v) is 6.21. The summed E-state index contributed by atoms with van der Waals surface area (Å²) in [6, 6.07) is 8.11. The van der Waals surface area contributed by atoms with Crippen molar-refractivity contribution in [3.63, 3.8) is 0 Å². The van der Waals surface area contributed by atoms with E-state index in [0.717, 1.165) is 35.8 Å². The van der Waals surface area contributed by atoms with Gasteiger partial charge < -0.3 is 9.47 Å². The summed E-state index contributed by atoms with van der Waals surface area (Å²) in [5, 5.41) is 0.804. The molecule has 5 heteroatoms. The zero-order valence-electron chi connectivity index (χ0n) is 13.2. The smallest absolute Gasteiger partial charge is 0.235 e. The van der Waals surface area contributed by atoms with Crippen molar-refractivity contribution in [2.75, 3.05) is 13.1 Å². The van der Waals surface area contributed by atoms with Crippen molar-refractivity contribution in [3.05, 3.63) is 24.3 Å². The minimum absolute atomic E-state index is 0.119. The Morgan fingerprint density at radius 2 is 1.95 bits per heavy atom. The van der Waals surface area contributed by atoms with Gasteiger partial charge in [0.25, 0.3) is 0 Å². The van der Waals surface area contributed by atoms with Gasteiger partial charge in [0, 0.05) is 19.6 Å². The third-order valence-corrected chi connectivity index (χ3v) is 4.72. The Hall–Kier alpha value is -1.49. The van der Waals surface area contributed by atoms with Crippen molar-refractivity contribution in [2.24, 2.45) is 0 Å². The summed E-state index contributed by atoms with van der Waals surface area (Å²) in [6.07, 6.45) is 0. The Balaban J connectivity index is 2.25. The van der Waals surface area contributed by atoms with E-state index in [1.165, 1.54) is 0 Å². The maximum absolute atomic E-state index is 12.4. The van der Waals surface area contributed by atoms with Gasteiger partial charge in [0.2, 0.25) is 5.91 Å². The first-order chi connectivity index (χ1) is 10.1. The van der Waals surface area contributed by atoms with E-state index in [0.29, 0.717) is 0 Å². The van der Waals surface area contributed by atoms with Crippen LogP contribution in [0.2, 0.25) is 0 Å². The molecule has 1 heterocycles. The Morgan fingerprint density at radius 1 is 1.29 bits per heavy atom. The van der Waals surface area contributed by atoms with Crippen LogP contribution in [0.15, 0.2) is 29.4 Å². The number of amides is 1. The lowest BCUT2D eigenvalue weighted by Gasteiger charge is -2.22. The molecule has 21 heavy (non-hydrogen) atoms. The largest absolute Gasteiger partial charge is 0.342 e. The van der Waals surface area contributed by atoms with Crippen LogP contribution in [0.1, 0.15) is 27.7 Å². The first-order valence-electron chi connectivity index (χ1n) is 7.53.